The molecule has 1 aromatic carbocycles. The van der Waals surface area contributed by atoms with Crippen molar-refractivity contribution in [3.63, 3.8) is 0 Å². The van der Waals surface area contributed by atoms with E-state index in [-0.39, 0.29) is 6.04 Å². The fourth-order valence-electron chi connectivity index (χ4n) is 1.68. The number of benzene rings is 1. The molecule has 16 heavy (non-hydrogen) atoms. The lowest BCUT2D eigenvalue weighted by Gasteiger charge is -2.19. The summed E-state index contributed by atoms with van der Waals surface area (Å²) in [6, 6.07) is 6.40. The highest BCUT2D eigenvalue weighted by Gasteiger charge is 2.13. The van der Waals surface area contributed by atoms with Crippen molar-refractivity contribution in [2.45, 2.75) is 32.7 Å². The molecule has 88 valence electrons. The van der Waals surface area contributed by atoms with Crippen molar-refractivity contribution in [2.24, 2.45) is 5.84 Å². The lowest BCUT2D eigenvalue weighted by atomic mass is 9.95. The number of hydrogen-bond donors (Lipinski definition) is 2. The van der Waals surface area contributed by atoms with Crippen LogP contribution in [0.15, 0.2) is 34.8 Å². The highest BCUT2D eigenvalue weighted by atomic mass is 79.9. The Morgan fingerprint density at radius 1 is 1.56 bits per heavy atom. The Kier molecular flexibility index (Phi) is 5.19. The van der Waals surface area contributed by atoms with Crippen LogP contribution in [0.25, 0.3) is 0 Å². The maximum absolute atomic E-state index is 5.62. The summed E-state index contributed by atoms with van der Waals surface area (Å²) >= 11 is 3.49. The minimum absolute atomic E-state index is 0.143. The molecule has 1 unspecified atom stereocenters. The second-order valence-electron chi connectivity index (χ2n) is 4.03. The molecular weight excluding hydrogens is 264 g/mol. The molecule has 0 saturated heterocycles. The zero-order valence-electron chi connectivity index (χ0n) is 9.89. The molecule has 1 rings (SSSR count). The second-order valence-corrected chi connectivity index (χ2v) is 4.94. The number of hydrazine groups is 1. The monoisotopic (exact) mass is 282 g/mol. The standard InChI is InChI=1S/C13H19BrN2/c1-4-9(2)7-13(16-15)12-8-11(14)6-5-10(12)3/h5-6,8,13,16H,2,4,7,15H2,1,3H3. The molecule has 0 radical (unpaired) electrons. The zero-order valence-corrected chi connectivity index (χ0v) is 11.5. The summed E-state index contributed by atoms with van der Waals surface area (Å²) in [5.74, 6) is 5.62. The second kappa shape index (κ2) is 6.18. The van der Waals surface area contributed by atoms with Gasteiger partial charge in [-0.05, 0) is 43.0 Å². The predicted molar refractivity (Wildman–Crippen MR) is 73.0 cm³/mol. The van der Waals surface area contributed by atoms with E-state index in [1.807, 2.05) is 6.07 Å². The van der Waals surface area contributed by atoms with Crippen LogP contribution in [-0.4, -0.2) is 0 Å². The Bertz CT molecular complexity index is 374. The topological polar surface area (TPSA) is 38.0 Å². The number of nitrogens with one attached hydrogen (secondary N) is 1. The van der Waals surface area contributed by atoms with E-state index in [9.17, 15) is 0 Å². The fourth-order valence-corrected chi connectivity index (χ4v) is 2.06. The molecule has 0 amide bonds. The van der Waals surface area contributed by atoms with E-state index < -0.39 is 0 Å². The number of hydrogen-bond acceptors (Lipinski definition) is 2. The third kappa shape index (κ3) is 3.44. The van der Waals surface area contributed by atoms with Gasteiger partial charge in [-0.2, -0.15) is 0 Å². The van der Waals surface area contributed by atoms with Crippen LogP contribution in [0.5, 0.6) is 0 Å². The first kappa shape index (κ1) is 13.4. The lowest BCUT2D eigenvalue weighted by Crippen LogP contribution is -2.28. The molecule has 0 aliphatic carbocycles. The maximum Gasteiger partial charge on any atom is 0.0499 e. The molecule has 1 atom stereocenters. The van der Waals surface area contributed by atoms with Crippen LogP contribution in [-0.2, 0) is 0 Å². The van der Waals surface area contributed by atoms with Gasteiger partial charge in [-0.15, -0.1) is 0 Å². The number of halogens is 1. The van der Waals surface area contributed by atoms with Gasteiger partial charge in [-0.25, -0.2) is 0 Å². The van der Waals surface area contributed by atoms with Crippen molar-refractivity contribution >= 4 is 15.9 Å². The van der Waals surface area contributed by atoms with Crippen LogP contribution in [0.2, 0.25) is 0 Å². The third-order valence-corrected chi connectivity index (χ3v) is 3.30. The molecule has 0 spiro atoms. The molecule has 0 saturated carbocycles. The third-order valence-electron chi connectivity index (χ3n) is 2.81. The molecule has 0 aliphatic rings. The van der Waals surface area contributed by atoms with Crippen molar-refractivity contribution in [1.82, 2.24) is 5.43 Å². The summed E-state index contributed by atoms with van der Waals surface area (Å²) in [6.45, 7) is 8.24. The zero-order chi connectivity index (χ0) is 12.1. The lowest BCUT2D eigenvalue weighted by molar-refractivity contribution is 0.542. The number of rotatable bonds is 5. The number of nitrogens with two attached hydrogens (primary N) is 1. The highest BCUT2D eigenvalue weighted by molar-refractivity contribution is 9.10. The van der Waals surface area contributed by atoms with Gasteiger partial charge in [-0.1, -0.05) is 41.1 Å². The van der Waals surface area contributed by atoms with E-state index in [1.54, 1.807) is 0 Å². The first-order chi connectivity index (χ1) is 7.58. The fraction of sp³-hybridized carbons (Fsp3) is 0.385. The van der Waals surface area contributed by atoms with Gasteiger partial charge in [0, 0.05) is 10.5 Å². The van der Waals surface area contributed by atoms with Crippen LogP contribution in [0, 0.1) is 6.92 Å². The molecule has 3 N–H and O–H groups in total. The van der Waals surface area contributed by atoms with Crippen LogP contribution < -0.4 is 11.3 Å². The van der Waals surface area contributed by atoms with Crippen LogP contribution in [0.4, 0.5) is 0 Å². The largest absolute Gasteiger partial charge is 0.271 e. The molecule has 0 bridgehead atoms. The Morgan fingerprint density at radius 2 is 2.25 bits per heavy atom. The van der Waals surface area contributed by atoms with Gasteiger partial charge in [0.25, 0.3) is 0 Å². The van der Waals surface area contributed by atoms with Crippen molar-refractivity contribution in [1.29, 1.82) is 0 Å². The van der Waals surface area contributed by atoms with Gasteiger partial charge in [0.05, 0.1) is 0 Å². The average Bonchev–Trinajstić information content (AvgIpc) is 2.29. The van der Waals surface area contributed by atoms with Crippen molar-refractivity contribution in [3.8, 4) is 0 Å². The van der Waals surface area contributed by atoms with Gasteiger partial charge in [0.1, 0.15) is 0 Å². The average molecular weight is 283 g/mol. The Balaban J connectivity index is 2.94. The van der Waals surface area contributed by atoms with Crippen LogP contribution in [0.1, 0.15) is 36.9 Å². The van der Waals surface area contributed by atoms with E-state index in [0.717, 1.165) is 17.3 Å². The van der Waals surface area contributed by atoms with Gasteiger partial charge in [0.15, 0.2) is 0 Å². The highest BCUT2D eigenvalue weighted by Crippen LogP contribution is 2.26. The van der Waals surface area contributed by atoms with Crippen molar-refractivity contribution in [2.75, 3.05) is 0 Å². The van der Waals surface area contributed by atoms with Gasteiger partial charge in [-0.3, -0.25) is 11.3 Å². The Hall–Kier alpha value is -0.640. The van der Waals surface area contributed by atoms with E-state index in [1.165, 1.54) is 16.7 Å². The van der Waals surface area contributed by atoms with E-state index >= 15 is 0 Å². The molecular formula is C13H19BrN2. The normalized spacial score (nSPS) is 12.5. The Morgan fingerprint density at radius 3 is 2.81 bits per heavy atom. The van der Waals surface area contributed by atoms with E-state index in [0.29, 0.717) is 0 Å². The predicted octanol–water partition coefficient (Wildman–Crippen LogP) is 3.62. The number of aryl methyl sites for hydroxylation is 1. The quantitative estimate of drug-likeness (QED) is 0.492. The molecule has 0 aliphatic heterocycles. The summed E-state index contributed by atoms with van der Waals surface area (Å²) in [5.41, 5.74) is 6.55. The Labute approximate surface area is 106 Å². The van der Waals surface area contributed by atoms with Gasteiger partial charge in [0.2, 0.25) is 0 Å². The maximum atomic E-state index is 5.62. The summed E-state index contributed by atoms with van der Waals surface area (Å²) in [7, 11) is 0. The van der Waals surface area contributed by atoms with E-state index in [4.69, 9.17) is 5.84 Å². The molecule has 1 aromatic rings. The first-order valence-electron chi connectivity index (χ1n) is 5.47. The smallest absolute Gasteiger partial charge is 0.0499 e. The summed E-state index contributed by atoms with van der Waals surface area (Å²) in [6.07, 6.45) is 1.87. The van der Waals surface area contributed by atoms with Crippen molar-refractivity contribution < 1.29 is 0 Å². The summed E-state index contributed by atoms with van der Waals surface area (Å²) in [4.78, 5) is 0. The molecule has 0 fully saturated rings. The molecule has 0 heterocycles. The van der Waals surface area contributed by atoms with Crippen molar-refractivity contribution in [3.05, 3.63) is 46.0 Å². The minimum Gasteiger partial charge on any atom is -0.271 e. The van der Waals surface area contributed by atoms with Crippen LogP contribution in [0.3, 0.4) is 0 Å². The molecule has 2 nitrogen and oxygen atoms in total. The first-order valence-corrected chi connectivity index (χ1v) is 6.26. The van der Waals surface area contributed by atoms with E-state index in [2.05, 4.69) is 53.9 Å². The molecule has 0 aromatic heterocycles. The van der Waals surface area contributed by atoms with Gasteiger partial charge >= 0.3 is 0 Å². The summed E-state index contributed by atoms with van der Waals surface area (Å²) in [5, 5.41) is 0. The SMILES string of the molecule is C=C(CC)CC(NN)c1cc(Br)ccc1C. The van der Waals surface area contributed by atoms with Crippen LogP contribution >= 0.6 is 15.9 Å². The minimum atomic E-state index is 0.143. The summed E-state index contributed by atoms with van der Waals surface area (Å²) < 4.78 is 1.08. The molecule has 3 heteroatoms. The van der Waals surface area contributed by atoms with Gasteiger partial charge < -0.3 is 0 Å².